The number of hydrogen-bond acceptors (Lipinski definition) is 3. The van der Waals surface area contributed by atoms with Gasteiger partial charge in [0.15, 0.2) is 12.4 Å². The van der Waals surface area contributed by atoms with Gasteiger partial charge in [-0.15, -0.1) is 0 Å². The van der Waals surface area contributed by atoms with Crippen LogP contribution in [-0.2, 0) is 0 Å². The van der Waals surface area contributed by atoms with E-state index in [0.29, 0.717) is 0 Å². The second-order valence-electron chi connectivity index (χ2n) is 7.89. The second kappa shape index (κ2) is 8.09. The fourth-order valence-corrected chi connectivity index (χ4v) is 4.15. The molecule has 160 valence electrons. The summed E-state index contributed by atoms with van der Waals surface area (Å²) in [6, 6.07) is 19.5. The molecule has 32 heavy (non-hydrogen) atoms. The first kappa shape index (κ1) is 21.5. The first-order valence-corrected chi connectivity index (χ1v) is 10.1. The summed E-state index contributed by atoms with van der Waals surface area (Å²) in [5.74, 6) is 0.734. The number of halogens is 1. The highest BCUT2D eigenvalue weighted by Gasteiger charge is 2.16. The number of fused-ring (bicyclic) bond motifs is 4. The van der Waals surface area contributed by atoms with Crippen molar-refractivity contribution in [1.29, 1.82) is 0 Å². The highest BCUT2D eigenvalue weighted by atomic mass is 35.5. The minimum absolute atomic E-state index is 0. The van der Waals surface area contributed by atoms with E-state index >= 15 is 0 Å². The van der Waals surface area contributed by atoms with Gasteiger partial charge < -0.3 is 17.1 Å². The standard InChI is InChI=1S/C26H21N2O3.ClH/c1-16-10-20-12-25-23-14-24(18-4-6-22(7-5-18)28(29)30)26(31-3)13-19(23)8-9-27(25)15-21(20)11-17(16)2;/h4-15H,1-3H3;1H/q+1;/p-1. The molecule has 3 aromatic carbocycles. The normalized spacial score (nSPS) is 11.0. The number of nitrogens with zero attached hydrogens (tertiary/aromatic N) is 2. The molecule has 0 aliphatic heterocycles. The number of hydrogen-bond donors (Lipinski definition) is 0. The van der Waals surface area contributed by atoms with Crippen molar-refractivity contribution in [2.45, 2.75) is 13.8 Å². The number of aromatic nitrogens is 1. The zero-order chi connectivity index (χ0) is 21.7. The quantitative estimate of drug-likeness (QED) is 0.141. The van der Waals surface area contributed by atoms with E-state index in [0.717, 1.165) is 33.2 Å². The number of ether oxygens (including phenoxy) is 1. The van der Waals surface area contributed by atoms with Crippen molar-refractivity contribution in [2.24, 2.45) is 0 Å². The lowest BCUT2D eigenvalue weighted by atomic mass is 9.98. The van der Waals surface area contributed by atoms with Crippen molar-refractivity contribution in [1.82, 2.24) is 0 Å². The Morgan fingerprint density at radius 1 is 0.875 bits per heavy atom. The number of aryl methyl sites for hydroxylation is 2. The molecule has 0 atom stereocenters. The number of methoxy groups -OCH3 is 1. The van der Waals surface area contributed by atoms with Gasteiger partial charge in [0, 0.05) is 35.2 Å². The average molecular weight is 445 g/mol. The maximum Gasteiger partial charge on any atom is 0.269 e. The summed E-state index contributed by atoms with van der Waals surface area (Å²) in [6.45, 7) is 4.26. The number of nitro groups is 1. The summed E-state index contributed by atoms with van der Waals surface area (Å²) in [7, 11) is 1.64. The van der Waals surface area contributed by atoms with E-state index in [4.69, 9.17) is 4.74 Å². The van der Waals surface area contributed by atoms with Crippen LogP contribution in [0.5, 0.6) is 5.75 Å². The first-order chi connectivity index (χ1) is 14.9. The van der Waals surface area contributed by atoms with Gasteiger partial charge in [-0.3, -0.25) is 10.1 Å². The third-order valence-electron chi connectivity index (χ3n) is 6.00. The van der Waals surface area contributed by atoms with Gasteiger partial charge >= 0.3 is 0 Å². The van der Waals surface area contributed by atoms with Crippen LogP contribution in [0.4, 0.5) is 5.69 Å². The van der Waals surface area contributed by atoms with E-state index in [9.17, 15) is 10.1 Å². The summed E-state index contributed by atoms with van der Waals surface area (Å²) >= 11 is 0. The highest BCUT2D eigenvalue weighted by Crippen LogP contribution is 2.36. The summed E-state index contributed by atoms with van der Waals surface area (Å²) in [5.41, 5.74) is 5.49. The highest BCUT2D eigenvalue weighted by molar-refractivity contribution is 6.01. The van der Waals surface area contributed by atoms with E-state index in [2.05, 4.69) is 61.0 Å². The molecule has 0 fully saturated rings. The van der Waals surface area contributed by atoms with Crippen molar-refractivity contribution in [2.75, 3.05) is 7.11 Å². The minimum Gasteiger partial charge on any atom is -1.00 e. The zero-order valence-electron chi connectivity index (χ0n) is 17.9. The average Bonchev–Trinajstić information content (AvgIpc) is 2.77. The third kappa shape index (κ3) is 3.51. The fraction of sp³-hybridized carbons (Fsp3) is 0.115. The smallest absolute Gasteiger partial charge is 0.269 e. The Bertz CT molecular complexity index is 1510. The molecular weight excluding hydrogens is 424 g/mol. The molecule has 6 heteroatoms. The molecule has 0 spiro atoms. The molecule has 0 saturated carbocycles. The van der Waals surface area contributed by atoms with Crippen LogP contribution in [0.1, 0.15) is 11.1 Å². The van der Waals surface area contributed by atoms with Crippen LogP contribution in [0.2, 0.25) is 0 Å². The molecule has 0 amide bonds. The molecule has 0 saturated heterocycles. The Balaban J connectivity index is 0.00000245. The van der Waals surface area contributed by atoms with Gasteiger partial charge in [0.05, 0.1) is 17.4 Å². The monoisotopic (exact) mass is 444 g/mol. The van der Waals surface area contributed by atoms with E-state index in [1.807, 2.05) is 6.07 Å². The molecule has 5 aromatic rings. The first-order valence-electron chi connectivity index (χ1n) is 10.1. The molecule has 0 radical (unpaired) electrons. The third-order valence-corrected chi connectivity index (χ3v) is 6.00. The lowest BCUT2D eigenvalue weighted by molar-refractivity contribution is -0.509. The number of pyridine rings is 2. The lowest BCUT2D eigenvalue weighted by Crippen LogP contribution is -3.00. The van der Waals surface area contributed by atoms with E-state index in [1.165, 1.54) is 34.0 Å². The van der Waals surface area contributed by atoms with Crippen LogP contribution in [0.25, 0.3) is 38.2 Å². The summed E-state index contributed by atoms with van der Waals surface area (Å²) in [5, 5.41) is 15.6. The fourth-order valence-electron chi connectivity index (χ4n) is 4.15. The zero-order valence-corrected chi connectivity index (χ0v) is 18.7. The van der Waals surface area contributed by atoms with Crippen LogP contribution < -0.4 is 21.5 Å². The molecule has 0 unspecified atom stereocenters. The molecule has 0 aliphatic rings. The maximum absolute atomic E-state index is 11.0. The largest absolute Gasteiger partial charge is 1.00 e. The molecule has 5 rings (SSSR count). The topological polar surface area (TPSA) is 56.5 Å². The minimum atomic E-state index is -0.389. The van der Waals surface area contributed by atoms with Gasteiger partial charge in [-0.2, -0.15) is 4.40 Å². The number of benzene rings is 3. The predicted octanol–water partition coefficient (Wildman–Crippen LogP) is 2.94. The molecular formula is C26H21ClN2O3. The molecule has 2 aromatic heterocycles. The molecule has 2 heterocycles. The van der Waals surface area contributed by atoms with E-state index < -0.39 is 0 Å². The Hall–Kier alpha value is -3.70. The van der Waals surface area contributed by atoms with Gasteiger partial charge in [-0.05, 0) is 71.6 Å². The van der Waals surface area contributed by atoms with Crippen molar-refractivity contribution in [3.8, 4) is 16.9 Å². The van der Waals surface area contributed by atoms with Gasteiger partial charge in [0.1, 0.15) is 5.75 Å². The van der Waals surface area contributed by atoms with Crippen molar-refractivity contribution in [3.63, 3.8) is 0 Å². The second-order valence-corrected chi connectivity index (χ2v) is 7.89. The van der Waals surface area contributed by atoms with Crippen LogP contribution in [0.3, 0.4) is 0 Å². The summed E-state index contributed by atoms with van der Waals surface area (Å²) < 4.78 is 7.80. The molecule has 0 bridgehead atoms. The van der Waals surface area contributed by atoms with E-state index in [-0.39, 0.29) is 23.0 Å². The lowest BCUT2D eigenvalue weighted by Gasteiger charge is -2.11. The summed E-state index contributed by atoms with van der Waals surface area (Å²) in [4.78, 5) is 10.6. The predicted molar refractivity (Wildman–Crippen MR) is 123 cm³/mol. The van der Waals surface area contributed by atoms with Gasteiger partial charge in [0.25, 0.3) is 5.69 Å². The molecule has 5 nitrogen and oxygen atoms in total. The van der Waals surface area contributed by atoms with Crippen molar-refractivity contribution in [3.05, 3.63) is 94.3 Å². The van der Waals surface area contributed by atoms with Crippen molar-refractivity contribution >= 4 is 32.7 Å². The molecule has 0 N–H and O–H groups in total. The van der Waals surface area contributed by atoms with Crippen LogP contribution >= 0.6 is 0 Å². The van der Waals surface area contributed by atoms with E-state index in [1.54, 1.807) is 19.2 Å². The van der Waals surface area contributed by atoms with Crippen LogP contribution in [-0.4, -0.2) is 12.0 Å². The van der Waals surface area contributed by atoms with Gasteiger partial charge in [-0.25, -0.2) is 0 Å². The Morgan fingerprint density at radius 2 is 1.56 bits per heavy atom. The Labute approximate surface area is 191 Å². The number of nitro benzene ring substituents is 1. The van der Waals surface area contributed by atoms with Crippen LogP contribution in [0, 0.1) is 24.0 Å². The van der Waals surface area contributed by atoms with Crippen molar-refractivity contribution < 1.29 is 26.5 Å². The van der Waals surface area contributed by atoms with Gasteiger partial charge in [0.2, 0.25) is 5.52 Å². The van der Waals surface area contributed by atoms with Crippen LogP contribution in [0.15, 0.2) is 73.1 Å². The SMILES string of the molecule is COc1cc2cc[n+]3cc4cc(C)c(C)cc4cc3c2cc1-c1ccc([N+](=O)[O-])cc1.[Cl-]. The number of non-ortho nitro benzene ring substituents is 1. The van der Waals surface area contributed by atoms with Gasteiger partial charge in [-0.1, -0.05) is 6.07 Å². The maximum atomic E-state index is 11.0. The Kier molecular flexibility index (Phi) is 5.45. The number of rotatable bonds is 3. The Morgan fingerprint density at radius 3 is 2.22 bits per heavy atom. The summed E-state index contributed by atoms with van der Waals surface area (Å²) in [6.07, 6.45) is 4.23. The molecule has 0 aliphatic carbocycles.